The fraction of sp³-hybridized carbons (Fsp3) is 0.333. The van der Waals surface area contributed by atoms with Gasteiger partial charge in [0, 0.05) is 19.1 Å². The van der Waals surface area contributed by atoms with Crippen LogP contribution < -0.4 is 5.73 Å². The first kappa shape index (κ1) is 12.1. The highest BCUT2D eigenvalue weighted by molar-refractivity contribution is 5.37. The smallest absolute Gasteiger partial charge is 0.134 e. The lowest BCUT2D eigenvalue weighted by molar-refractivity contribution is 0.181. The first-order chi connectivity index (χ1) is 9.26. The molecule has 0 radical (unpaired) electrons. The Labute approximate surface area is 112 Å². The van der Waals surface area contributed by atoms with Gasteiger partial charge in [-0.15, -0.1) is 0 Å². The van der Waals surface area contributed by atoms with Gasteiger partial charge in [-0.25, -0.2) is 9.97 Å². The summed E-state index contributed by atoms with van der Waals surface area (Å²) in [5.41, 5.74) is 9.49. The third kappa shape index (κ3) is 2.44. The Bertz CT molecular complexity index is 573. The Balaban J connectivity index is 1.88. The van der Waals surface area contributed by atoms with Crippen LogP contribution in [0.1, 0.15) is 28.6 Å². The van der Waals surface area contributed by atoms with E-state index < -0.39 is 0 Å². The molecule has 3 rings (SSSR count). The molecule has 0 amide bonds. The number of benzene rings is 1. The molecule has 1 aromatic carbocycles. The number of anilines is 1. The summed E-state index contributed by atoms with van der Waals surface area (Å²) in [6.45, 7) is 0.472. The van der Waals surface area contributed by atoms with E-state index in [-0.39, 0.29) is 0 Å². The molecule has 4 heteroatoms. The van der Waals surface area contributed by atoms with Gasteiger partial charge in [0.15, 0.2) is 0 Å². The highest BCUT2D eigenvalue weighted by atomic mass is 16.5. The van der Waals surface area contributed by atoms with Gasteiger partial charge < -0.3 is 10.5 Å². The molecule has 2 aromatic rings. The van der Waals surface area contributed by atoms with Gasteiger partial charge in [-0.2, -0.15) is 0 Å². The van der Waals surface area contributed by atoms with Gasteiger partial charge in [-0.1, -0.05) is 24.3 Å². The minimum Gasteiger partial charge on any atom is -0.384 e. The molecule has 0 bridgehead atoms. The van der Waals surface area contributed by atoms with Crippen LogP contribution in [0.4, 0.5) is 5.82 Å². The fourth-order valence-corrected chi connectivity index (χ4v) is 2.69. The van der Waals surface area contributed by atoms with Crippen molar-refractivity contribution in [2.45, 2.75) is 25.4 Å². The number of methoxy groups -OCH3 is 1. The third-order valence-corrected chi connectivity index (χ3v) is 3.52. The van der Waals surface area contributed by atoms with Crippen LogP contribution in [0.5, 0.6) is 0 Å². The first-order valence-corrected chi connectivity index (χ1v) is 6.45. The highest BCUT2D eigenvalue weighted by Crippen LogP contribution is 2.32. The van der Waals surface area contributed by atoms with Crippen LogP contribution in [0.2, 0.25) is 0 Å². The predicted octanol–water partition coefficient (Wildman–Crippen LogP) is 2.09. The van der Waals surface area contributed by atoms with Crippen LogP contribution in [-0.2, 0) is 24.2 Å². The molecule has 2 N–H and O–H groups in total. The summed E-state index contributed by atoms with van der Waals surface area (Å²) in [5.74, 6) is 1.69. The van der Waals surface area contributed by atoms with E-state index >= 15 is 0 Å². The fourth-order valence-electron chi connectivity index (χ4n) is 2.69. The van der Waals surface area contributed by atoms with E-state index in [9.17, 15) is 0 Å². The Morgan fingerprint density at radius 2 is 1.89 bits per heavy atom. The summed E-state index contributed by atoms with van der Waals surface area (Å²) in [6.07, 6.45) is 1.98. The van der Waals surface area contributed by atoms with Gasteiger partial charge in [0.25, 0.3) is 0 Å². The van der Waals surface area contributed by atoms with Gasteiger partial charge in [0.2, 0.25) is 0 Å². The summed E-state index contributed by atoms with van der Waals surface area (Å²) in [7, 11) is 1.66. The molecule has 19 heavy (non-hydrogen) atoms. The molecular formula is C15H17N3O. The van der Waals surface area contributed by atoms with Gasteiger partial charge in [0.05, 0.1) is 12.3 Å². The standard InChI is InChI=1S/C15H17N3O/c1-19-9-13-8-14(16)18-15(17-13)12-6-10-4-2-3-5-11(10)7-12/h2-5,8,12H,6-7,9H2,1H3,(H2,16,17,18). The number of aromatic nitrogens is 2. The molecule has 0 saturated carbocycles. The largest absolute Gasteiger partial charge is 0.384 e. The summed E-state index contributed by atoms with van der Waals surface area (Å²) < 4.78 is 5.12. The van der Waals surface area contributed by atoms with E-state index in [4.69, 9.17) is 10.5 Å². The minimum atomic E-state index is 0.330. The monoisotopic (exact) mass is 255 g/mol. The summed E-state index contributed by atoms with van der Waals surface area (Å²) in [4.78, 5) is 8.96. The third-order valence-electron chi connectivity index (χ3n) is 3.52. The normalized spacial score (nSPS) is 14.6. The van der Waals surface area contributed by atoms with Crippen molar-refractivity contribution < 1.29 is 4.74 Å². The molecule has 0 aliphatic heterocycles. The Morgan fingerprint density at radius 3 is 2.53 bits per heavy atom. The van der Waals surface area contributed by atoms with E-state index in [2.05, 4.69) is 34.2 Å². The minimum absolute atomic E-state index is 0.330. The van der Waals surface area contributed by atoms with Gasteiger partial charge in [-0.3, -0.25) is 0 Å². The Hall–Kier alpha value is -1.94. The number of nitrogen functional groups attached to an aromatic ring is 1. The second kappa shape index (κ2) is 4.97. The molecule has 98 valence electrons. The maximum atomic E-state index is 5.86. The van der Waals surface area contributed by atoms with E-state index in [0.29, 0.717) is 18.3 Å². The molecule has 0 unspecified atom stereocenters. The van der Waals surface area contributed by atoms with Crippen molar-refractivity contribution in [2.75, 3.05) is 12.8 Å². The van der Waals surface area contributed by atoms with E-state index in [1.807, 2.05) is 0 Å². The molecule has 0 fully saturated rings. The number of rotatable bonds is 3. The van der Waals surface area contributed by atoms with Crippen LogP contribution >= 0.6 is 0 Å². The number of fused-ring (bicyclic) bond motifs is 1. The molecule has 1 heterocycles. The average molecular weight is 255 g/mol. The molecule has 4 nitrogen and oxygen atoms in total. The zero-order valence-corrected chi connectivity index (χ0v) is 11.0. The summed E-state index contributed by atoms with van der Waals surface area (Å²) in [5, 5.41) is 0. The van der Waals surface area contributed by atoms with E-state index in [0.717, 1.165) is 24.4 Å². The SMILES string of the molecule is COCc1cc(N)nc(C2Cc3ccccc3C2)n1. The molecule has 1 aromatic heterocycles. The van der Waals surface area contributed by atoms with E-state index in [1.165, 1.54) is 11.1 Å². The number of hydrogen-bond donors (Lipinski definition) is 1. The van der Waals surface area contributed by atoms with Crippen molar-refractivity contribution in [1.29, 1.82) is 0 Å². The van der Waals surface area contributed by atoms with Crippen molar-refractivity contribution in [3.05, 3.63) is 53.0 Å². The number of ether oxygens (including phenoxy) is 1. The second-order valence-corrected chi connectivity index (χ2v) is 4.95. The highest BCUT2D eigenvalue weighted by Gasteiger charge is 2.25. The first-order valence-electron chi connectivity index (χ1n) is 6.45. The molecule has 0 atom stereocenters. The van der Waals surface area contributed by atoms with Crippen molar-refractivity contribution in [3.63, 3.8) is 0 Å². The maximum Gasteiger partial charge on any atom is 0.134 e. The lowest BCUT2D eigenvalue weighted by atomic mass is 10.1. The lowest BCUT2D eigenvalue weighted by Crippen LogP contribution is -2.09. The number of nitrogens with zero attached hydrogens (tertiary/aromatic N) is 2. The van der Waals surface area contributed by atoms with Crippen LogP contribution in [0, 0.1) is 0 Å². The Kier molecular flexibility index (Phi) is 3.17. The molecule has 0 saturated heterocycles. The van der Waals surface area contributed by atoms with Crippen LogP contribution in [0.3, 0.4) is 0 Å². The molecule has 0 spiro atoms. The lowest BCUT2D eigenvalue weighted by Gasteiger charge is -2.10. The summed E-state index contributed by atoms with van der Waals surface area (Å²) in [6, 6.07) is 10.3. The van der Waals surface area contributed by atoms with Crippen molar-refractivity contribution in [3.8, 4) is 0 Å². The molecule has 1 aliphatic rings. The van der Waals surface area contributed by atoms with Gasteiger partial charge >= 0.3 is 0 Å². The average Bonchev–Trinajstić information content (AvgIpc) is 2.82. The van der Waals surface area contributed by atoms with Crippen molar-refractivity contribution >= 4 is 5.82 Å². The zero-order valence-electron chi connectivity index (χ0n) is 11.0. The molecule has 1 aliphatic carbocycles. The summed E-state index contributed by atoms with van der Waals surface area (Å²) >= 11 is 0. The van der Waals surface area contributed by atoms with Crippen molar-refractivity contribution in [1.82, 2.24) is 9.97 Å². The van der Waals surface area contributed by atoms with Crippen LogP contribution in [0.25, 0.3) is 0 Å². The van der Waals surface area contributed by atoms with E-state index in [1.54, 1.807) is 13.2 Å². The predicted molar refractivity (Wildman–Crippen MR) is 73.7 cm³/mol. The number of nitrogens with two attached hydrogens (primary N) is 1. The van der Waals surface area contributed by atoms with Gasteiger partial charge in [0.1, 0.15) is 11.6 Å². The van der Waals surface area contributed by atoms with Gasteiger partial charge in [-0.05, 0) is 24.0 Å². The van der Waals surface area contributed by atoms with Crippen molar-refractivity contribution in [2.24, 2.45) is 0 Å². The van der Waals surface area contributed by atoms with Crippen LogP contribution in [-0.4, -0.2) is 17.1 Å². The number of hydrogen-bond acceptors (Lipinski definition) is 4. The zero-order chi connectivity index (χ0) is 13.2. The molecular weight excluding hydrogens is 238 g/mol. The Morgan fingerprint density at radius 1 is 1.21 bits per heavy atom. The quantitative estimate of drug-likeness (QED) is 0.912. The second-order valence-electron chi connectivity index (χ2n) is 4.95. The van der Waals surface area contributed by atoms with Crippen LogP contribution in [0.15, 0.2) is 30.3 Å². The maximum absolute atomic E-state index is 5.86. The topological polar surface area (TPSA) is 61.0 Å².